The molecule has 1 aliphatic carbocycles. The second-order valence-electron chi connectivity index (χ2n) is 5.85. The number of hydrogen-bond donors (Lipinski definition) is 1. The van der Waals surface area contributed by atoms with E-state index in [0.29, 0.717) is 11.9 Å². The number of nitrogens with zero attached hydrogens (tertiary/aromatic N) is 4. The third kappa shape index (κ3) is 2.30. The summed E-state index contributed by atoms with van der Waals surface area (Å²) in [6, 6.07) is 0. The average molecular weight is 303 g/mol. The van der Waals surface area contributed by atoms with Gasteiger partial charge in [0.15, 0.2) is 0 Å². The van der Waals surface area contributed by atoms with E-state index in [9.17, 15) is 4.39 Å². The number of hydrogen-bond acceptors (Lipinski definition) is 5. The van der Waals surface area contributed by atoms with E-state index in [4.69, 9.17) is 4.74 Å². The van der Waals surface area contributed by atoms with Gasteiger partial charge in [0.05, 0.1) is 19.0 Å². The van der Waals surface area contributed by atoms with Crippen molar-refractivity contribution in [1.82, 2.24) is 20.2 Å². The minimum atomic E-state index is -0.536. The molecule has 0 radical (unpaired) electrons. The SMILES string of the molecule is COc1nc(N2CCc3[nH]nc(C4CC4)c3CC2)ncc1F. The monoisotopic (exact) mass is 303 g/mol. The maximum Gasteiger partial charge on any atom is 0.255 e. The number of ether oxygens (including phenoxy) is 1. The lowest BCUT2D eigenvalue weighted by Gasteiger charge is -2.20. The van der Waals surface area contributed by atoms with Crippen molar-refractivity contribution in [3.05, 3.63) is 29.0 Å². The molecule has 1 fully saturated rings. The highest BCUT2D eigenvalue weighted by Gasteiger charge is 2.31. The van der Waals surface area contributed by atoms with Gasteiger partial charge in [-0.15, -0.1) is 0 Å². The van der Waals surface area contributed by atoms with Crippen LogP contribution in [0.15, 0.2) is 6.20 Å². The first kappa shape index (κ1) is 13.5. The largest absolute Gasteiger partial charge is 0.479 e. The molecule has 7 heteroatoms. The molecule has 2 aliphatic rings. The Morgan fingerprint density at radius 1 is 1.32 bits per heavy atom. The van der Waals surface area contributed by atoms with E-state index in [2.05, 4.69) is 25.1 Å². The molecule has 0 spiro atoms. The first-order valence-electron chi connectivity index (χ1n) is 7.63. The van der Waals surface area contributed by atoms with Gasteiger partial charge >= 0.3 is 0 Å². The molecule has 22 heavy (non-hydrogen) atoms. The molecule has 1 saturated carbocycles. The standard InChI is InChI=1S/C15H18FN5O/c1-22-14-11(16)8-17-15(18-14)21-6-4-10-12(5-7-21)19-20-13(10)9-2-3-9/h8-9H,2-7H2,1H3,(H,19,20). The van der Waals surface area contributed by atoms with E-state index >= 15 is 0 Å². The Hall–Kier alpha value is -2.18. The smallest absolute Gasteiger partial charge is 0.255 e. The molecular weight excluding hydrogens is 285 g/mol. The summed E-state index contributed by atoms with van der Waals surface area (Å²) < 4.78 is 18.4. The fraction of sp³-hybridized carbons (Fsp3) is 0.533. The molecule has 0 amide bonds. The van der Waals surface area contributed by atoms with Crippen molar-refractivity contribution in [3.8, 4) is 5.88 Å². The zero-order chi connectivity index (χ0) is 15.1. The molecular formula is C15H18FN5O. The van der Waals surface area contributed by atoms with Crippen LogP contribution >= 0.6 is 0 Å². The fourth-order valence-corrected chi connectivity index (χ4v) is 3.04. The normalized spacial score (nSPS) is 18.0. The predicted octanol–water partition coefficient (Wildman–Crippen LogP) is 1.83. The highest BCUT2D eigenvalue weighted by molar-refractivity contribution is 5.38. The van der Waals surface area contributed by atoms with Crippen molar-refractivity contribution >= 4 is 5.95 Å². The minimum Gasteiger partial charge on any atom is -0.479 e. The summed E-state index contributed by atoms with van der Waals surface area (Å²) in [6.07, 6.45) is 5.46. The lowest BCUT2D eigenvalue weighted by Crippen LogP contribution is -2.28. The van der Waals surface area contributed by atoms with E-state index in [1.165, 1.54) is 43.1 Å². The molecule has 6 nitrogen and oxygen atoms in total. The maximum atomic E-state index is 13.4. The number of methoxy groups -OCH3 is 1. The summed E-state index contributed by atoms with van der Waals surface area (Å²) in [5.41, 5.74) is 3.83. The van der Waals surface area contributed by atoms with Crippen LogP contribution in [0.2, 0.25) is 0 Å². The van der Waals surface area contributed by atoms with Crippen molar-refractivity contribution in [2.75, 3.05) is 25.1 Å². The Bertz CT molecular complexity index is 697. The van der Waals surface area contributed by atoms with Gasteiger partial charge in [-0.1, -0.05) is 0 Å². The van der Waals surface area contributed by atoms with Gasteiger partial charge in [-0.05, 0) is 24.8 Å². The van der Waals surface area contributed by atoms with Crippen molar-refractivity contribution < 1.29 is 9.13 Å². The number of halogens is 1. The number of aromatic amines is 1. The zero-order valence-corrected chi connectivity index (χ0v) is 12.5. The van der Waals surface area contributed by atoms with Crippen LogP contribution in [0.25, 0.3) is 0 Å². The van der Waals surface area contributed by atoms with Gasteiger partial charge in [0, 0.05) is 31.1 Å². The van der Waals surface area contributed by atoms with Crippen molar-refractivity contribution in [2.24, 2.45) is 0 Å². The minimum absolute atomic E-state index is 0.00639. The molecule has 0 bridgehead atoms. The van der Waals surface area contributed by atoms with Crippen LogP contribution in [0.5, 0.6) is 5.88 Å². The Kier molecular flexibility index (Phi) is 3.20. The van der Waals surface area contributed by atoms with Crippen LogP contribution in [0.1, 0.15) is 35.7 Å². The van der Waals surface area contributed by atoms with Crippen LogP contribution in [-0.4, -0.2) is 40.4 Å². The third-order valence-corrected chi connectivity index (χ3v) is 4.39. The van der Waals surface area contributed by atoms with Gasteiger partial charge in [0.25, 0.3) is 5.88 Å². The van der Waals surface area contributed by atoms with E-state index in [0.717, 1.165) is 25.9 Å². The van der Waals surface area contributed by atoms with Crippen molar-refractivity contribution in [3.63, 3.8) is 0 Å². The average Bonchev–Trinajstić information content (AvgIpc) is 3.33. The first-order chi connectivity index (χ1) is 10.8. The molecule has 4 rings (SSSR count). The predicted molar refractivity (Wildman–Crippen MR) is 78.7 cm³/mol. The molecule has 116 valence electrons. The number of aromatic nitrogens is 4. The molecule has 1 N–H and O–H groups in total. The molecule has 0 atom stereocenters. The molecule has 2 aromatic heterocycles. The molecule has 1 aliphatic heterocycles. The Balaban J connectivity index is 1.56. The van der Waals surface area contributed by atoms with Gasteiger partial charge in [0.2, 0.25) is 11.8 Å². The summed E-state index contributed by atoms with van der Waals surface area (Å²) in [4.78, 5) is 10.3. The van der Waals surface area contributed by atoms with E-state index in [-0.39, 0.29) is 5.88 Å². The van der Waals surface area contributed by atoms with E-state index in [1.807, 2.05) is 0 Å². The topological polar surface area (TPSA) is 66.9 Å². The third-order valence-electron chi connectivity index (χ3n) is 4.39. The van der Waals surface area contributed by atoms with Gasteiger partial charge in [-0.2, -0.15) is 14.5 Å². The zero-order valence-electron chi connectivity index (χ0n) is 12.5. The molecule has 0 saturated heterocycles. The number of anilines is 1. The second kappa shape index (κ2) is 5.23. The number of H-pyrrole nitrogens is 1. The highest BCUT2D eigenvalue weighted by atomic mass is 19.1. The fourth-order valence-electron chi connectivity index (χ4n) is 3.04. The number of nitrogens with one attached hydrogen (secondary N) is 1. The highest BCUT2D eigenvalue weighted by Crippen LogP contribution is 2.41. The maximum absolute atomic E-state index is 13.4. The van der Waals surface area contributed by atoms with Crippen molar-refractivity contribution in [1.29, 1.82) is 0 Å². The van der Waals surface area contributed by atoms with Crippen LogP contribution in [0, 0.1) is 5.82 Å². The summed E-state index contributed by atoms with van der Waals surface area (Å²) >= 11 is 0. The number of fused-ring (bicyclic) bond motifs is 1. The lowest BCUT2D eigenvalue weighted by atomic mass is 10.1. The Morgan fingerprint density at radius 3 is 2.91 bits per heavy atom. The summed E-state index contributed by atoms with van der Waals surface area (Å²) in [7, 11) is 1.41. The van der Waals surface area contributed by atoms with Gasteiger partial charge < -0.3 is 9.64 Å². The van der Waals surface area contributed by atoms with Gasteiger partial charge in [0.1, 0.15) is 0 Å². The van der Waals surface area contributed by atoms with Crippen LogP contribution in [0.3, 0.4) is 0 Å². The lowest BCUT2D eigenvalue weighted by molar-refractivity contribution is 0.367. The van der Waals surface area contributed by atoms with Crippen molar-refractivity contribution in [2.45, 2.75) is 31.6 Å². The van der Waals surface area contributed by atoms with Gasteiger partial charge in [-0.25, -0.2) is 4.98 Å². The first-order valence-corrected chi connectivity index (χ1v) is 7.63. The summed E-state index contributed by atoms with van der Waals surface area (Å²) in [5.74, 6) is 0.623. The molecule has 2 aromatic rings. The summed E-state index contributed by atoms with van der Waals surface area (Å²) in [5, 5.41) is 7.68. The molecule has 3 heterocycles. The van der Waals surface area contributed by atoms with E-state index < -0.39 is 5.82 Å². The van der Waals surface area contributed by atoms with Crippen LogP contribution in [0.4, 0.5) is 10.3 Å². The molecule has 0 unspecified atom stereocenters. The van der Waals surface area contributed by atoms with Crippen LogP contribution < -0.4 is 9.64 Å². The second-order valence-corrected chi connectivity index (χ2v) is 5.85. The number of rotatable bonds is 3. The van der Waals surface area contributed by atoms with E-state index in [1.54, 1.807) is 0 Å². The summed E-state index contributed by atoms with van der Waals surface area (Å²) in [6.45, 7) is 1.59. The Labute approximate surface area is 127 Å². The van der Waals surface area contributed by atoms with Crippen LogP contribution in [-0.2, 0) is 12.8 Å². The molecule has 0 aromatic carbocycles. The Morgan fingerprint density at radius 2 is 2.14 bits per heavy atom. The quantitative estimate of drug-likeness (QED) is 0.937. The van der Waals surface area contributed by atoms with Gasteiger partial charge in [-0.3, -0.25) is 5.10 Å².